The summed E-state index contributed by atoms with van der Waals surface area (Å²) in [5.41, 5.74) is -2.64. The van der Waals surface area contributed by atoms with Gasteiger partial charge < -0.3 is 23.7 Å². The highest BCUT2D eigenvalue weighted by molar-refractivity contribution is 5.94. The summed E-state index contributed by atoms with van der Waals surface area (Å²) in [5, 5.41) is 0. The first-order chi connectivity index (χ1) is 21.2. The van der Waals surface area contributed by atoms with Crippen LogP contribution in [0.4, 0.5) is 0 Å². The van der Waals surface area contributed by atoms with E-state index in [4.69, 9.17) is 18.9 Å². The molecule has 0 N–H and O–H groups in total. The molecule has 2 saturated heterocycles. The van der Waals surface area contributed by atoms with Crippen molar-refractivity contribution in [3.05, 3.63) is 48.0 Å². The fourth-order valence-electron chi connectivity index (χ4n) is 11.5. The minimum atomic E-state index is -1.19. The quantitative estimate of drug-likeness (QED) is 0.200. The summed E-state index contributed by atoms with van der Waals surface area (Å²) >= 11 is 0. The zero-order chi connectivity index (χ0) is 32.4. The van der Waals surface area contributed by atoms with Crippen molar-refractivity contribution in [1.29, 1.82) is 0 Å². The molecule has 45 heavy (non-hydrogen) atoms. The van der Waals surface area contributed by atoms with Gasteiger partial charge in [-0.3, -0.25) is 24.1 Å². The lowest BCUT2D eigenvalue weighted by molar-refractivity contribution is -0.260. The Kier molecular flexibility index (Phi) is 6.35. The number of carbonyl (C=O) groups is 6. The highest BCUT2D eigenvalue weighted by Gasteiger charge is 2.93. The number of hydrogen-bond donors (Lipinski definition) is 0. The number of nitrogens with zero attached hydrogens (tertiary/aromatic N) is 1. The van der Waals surface area contributed by atoms with Crippen molar-refractivity contribution >= 4 is 35.9 Å². The molecule has 238 valence electrons. The molecule has 11 heteroatoms. The van der Waals surface area contributed by atoms with E-state index >= 15 is 0 Å². The Hall–Kier alpha value is -3.86. The number of ketones is 1. The van der Waals surface area contributed by atoms with Crippen LogP contribution in [-0.2, 0) is 42.9 Å². The summed E-state index contributed by atoms with van der Waals surface area (Å²) in [7, 11) is 1.90. The fourth-order valence-corrected chi connectivity index (χ4v) is 11.5. The molecular weight excluding hydrogens is 582 g/mol. The Labute approximate surface area is 260 Å². The average molecular weight is 620 g/mol. The van der Waals surface area contributed by atoms with E-state index in [9.17, 15) is 28.8 Å². The van der Waals surface area contributed by atoms with Gasteiger partial charge in [-0.15, -0.1) is 0 Å². The lowest BCUT2D eigenvalue weighted by Crippen LogP contribution is -2.76. The predicted octanol–water partition coefficient (Wildman–Crippen LogP) is 2.31. The van der Waals surface area contributed by atoms with E-state index < -0.39 is 94.3 Å². The Morgan fingerprint density at radius 2 is 1.58 bits per heavy atom. The van der Waals surface area contributed by atoms with Crippen LogP contribution in [0.3, 0.4) is 0 Å². The van der Waals surface area contributed by atoms with Crippen molar-refractivity contribution < 1.29 is 47.7 Å². The van der Waals surface area contributed by atoms with Gasteiger partial charge in [0.25, 0.3) is 0 Å². The van der Waals surface area contributed by atoms with E-state index in [0.29, 0.717) is 12.0 Å². The molecule has 11 nitrogen and oxygen atoms in total. The standard InChI is InChI=1S/C34H37NO10/c1-15-22-24(40)23-28-34-26(20(35(28)6)12-33(23,29(15)43-17(3)38)27(34)25(22)42-16(2)37)32(5,14-36)13-21(30(34)44-18(4)39)45-31(41)19-10-8-7-9-11-19/h7-11,14,20-23,25-30H,1,12-13H2,2-6H3/t20-,21-,22-,23-,25+,26+,27+,28-,29+,30+,32-,33?,34+/m0/s1. The van der Waals surface area contributed by atoms with Crippen LogP contribution in [0.25, 0.3) is 0 Å². The maximum absolute atomic E-state index is 14.6. The number of rotatable bonds is 6. The van der Waals surface area contributed by atoms with E-state index in [1.807, 2.05) is 14.0 Å². The normalized spacial score (nSPS) is 45.1. The first-order valence-electron chi connectivity index (χ1n) is 15.4. The van der Waals surface area contributed by atoms with Crippen LogP contribution in [0.5, 0.6) is 0 Å². The molecule has 2 aliphatic heterocycles. The molecule has 6 aliphatic carbocycles. The molecule has 0 amide bonds. The Morgan fingerprint density at radius 1 is 0.933 bits per heavy atom. The number of esters is 4. The third kappa shape index (κ3) is 3.50. The molecule has 2 heterocycles. The van der Waals surface area contributed by atoms with Gasteiger partial charge in [0.1, 0.15) is 36.5 Å². The summed E-state index contributed by atoms with van der Waals surface area (Å²) < 4.78 is 24.5. The van der Waals surface area contributed by atoms with Gasteiger partial charge in [0.2, 0.25) is 0 Å². The van der Waals surface area contributed by atoms with Crippen molar-refractivity contribution in [1.82, 2.24) is 4.90 Å². The van der Waals surface area contributed by atoms with Crippen LogP contribution in [0.2, 0.25) is 0 Å². The number of aldehydes is 1. The van der Waals surface area contributed by atoms with Crippen LogP contribution in [0, 0.1) is 39.9 Å². The first-order valence-corrected chi connectivity index (χ1v) is 15.4. The van der Waals surface area contributed by atoms with Gasteiger partial charge in [0, 0.05) is 67.4 Å². The number of ether oxygens (including phenoxy) is 4. The Morgan fingerprint density at radius 3 is 2.18 bits per heavy atom. The van der Waals surface area contributed by atoms with E-state index in [-0.39, 0.29) is 23.8 Å². The molecule has 8 aliphatic rings. The molecule has 1 aromatic carbocycles. The molecule has 0 aromatic heterocycles. The van der Waals surface area contributed by atoms with Gasteiger partial charge in [-0.1, -0.05) is 31.7 Å². The smallest absolute Gasteiger partial charge is 0.338 e. The Bertz CT molecular complexity index is 1560. The van der Waals surface area contributed by atoms with Crippen LogP contribution in [0.1, 0.15) is 50.9 Å². The zero-order valence-electron chi connectivity index (χ0n) is 25.9. The molecule has 6 saturated carbocycles. The fraction of sp³-hybridized carbons (Fsp3) is 0.588. The summed E-state index contributed by atoms with van der Waals surface area (Å²) in [6.45, 7) is 9.89. The second-order valence-electron chi connectivity index (χ2n) is 14.1. The van der Waals surface area contributed by atoms with E-state index in [2.05, 4.69) is 11.5 Å². The molecule has 8 fully saturated rings. The maximum atomic E-state index is 14.6. The predicted molar refractivity (Wildman–Crippen MR) is 154 cm³/mol. The second kappa shape index (κ2) is 9.57. The molecule has 7 bridgehead atoms. The molecule has 1 aromatic rings. The van der Waals surface area contributed by atoms with Gasteiger partial charge in [-0.25, -0.2) is 4.79 Å². The monoisotopic (exact) mass is 619 g/mol. The molecule has 1 unspecified atom stereocenters. The number of carbonyl (C=O) groups excluding carboxylic acids is 6. The van der Waals surface area contributed by atoms with Crippen molar-refractivity contribution in [2.75, 3.05) is 7.05 Å². The van der Waals surface area contributed by atoms with Crippen molar-refractivity contribution in [2.45, 2.75) is 77.0 Å². The van der Waals surface area contributed by atoms with E-state index in [1.165, 1.54) is 20.8 Å². The Balaban J connectivity index is 1.49. The number of Topliss-reactive ketones (excluding diaryl/α,β-unsaturated/α-hetero) is 1. The molecule has 9 rings (SSSR count). The van der Waals surface area contributed by atoms with Gasteiger partial charge in [0.15, 0.2) is 0 Å². The highest BCUT2D eigenvalue weighted by atomic mass is 16.6. The molecule has 0 radical (unpaired) electrons. The molecular formula is C34H37NO10. The van der Waals surface area contributed by atoms with Crippen molar-refractivity contribution in [3.8, 4) is 0 Å². The number of fused-ring (bicyclic) bond motifs is 1. The summed E-state index contributed by atoms with van der Waals surface area (Å²) in [4.78, 5) is 81.7. The van der Waals surface area contributed by atoms with Crippen LogP contribution >= 0.6 is 0 Å². The highest BCUT2D eigenvalue weighted by Crippen LogP contribution is 2.84. The number of benzene rings is 1. The van der Waals surface area contributed by atoms with Gasteiger partial charge >= 0.3 is 23.9 Å². The second-order valence-corrected chi connectivity index (χ2v) is 14.1. The molecule has 13 atom stereocenters. The van der Waals surface area contributed by atoms with Crippen molar-refractivity contribution in [3.63, 3.8) is 0 Å². The van der Waals surface area contributed by atoms with E-state index in [0.717, 1.165) is 6.29 Å². The summed E-state index contributed by atoms with van der Waals surface area (Å²) in [6.07, 6.45) is -2.69. The molecule has 2 spiro atoms. The number of hydrogen-bond acceptors (Lipinski definition) is 11. The third-order valence-corrected chi connectivity index (χ3v) is 12.1. The number of piperidine rings is 1. The van der Waals surface area contributed by atoms with Crippen LogP contribution in [0.15, 0.2) is 42.5 Å². The third-order valence-electron chi connectivity index (χ3n) is 12.1. The lowest BCUT2D eigenvalue weighted by Gasteiger charge is -2.68. The summed E-state index contributed by atoms with van der Waals surface area (Å²) in [6, 6.07) is 7.52. The summed E-state index contributed by atoms with van der Waals surface area (Å²) in [5.74, 6) is -5.39. The van der Waals surface area contributed by atoms with Crippen LogP contribution < -0.4 is 0 Å². The minimum absolute atomic E-state index is 0.0799. The zero-order valence-corrected chi connectivity index (χ0v) is 25.9. The average Bonchev–Trinajstić information content (AvgIpc) is 3.23. The van der Waals surface area contributed by atoms with Crippen LogP contribution in [-0.4, -0.2) is 84.4 Å². The maximum Gasteiger partial charge on any atom is 0.338 e. The lowest BCUT2D eigenvalue weighted by atomic mass is 9.38. The van der Waals surface area contributed by atoms with Gasteiger partial charge in [0.05, 0.1) is 11.5 Å². The topological polar surface area (TPSA) is 143 Å². The largest absolute Gasteiger partial charge is 0.461 e. The minimum Gasteiger partial charge on any atom is -0.461 e. The van der Waals surface area contributed by atoms with Crippen molar-refractivity contribution in [2.24, 2.45) is 39.9 Å². The van der Waals surface area contributed by atoms with Gasteiger partial charge in [-0.05, 0) is 37.1 Å². The first kappa shape index (κ1) is 29.8. The van der Waals surface area contributed by atoms with E-state index in [1.54, 1.807) is 30.3 Å². The van der Waals surface area contributed by atoms with Gasteiger partial charge in [-0.2, -0.15) is 0 Å². The SMILES string of the molecule is C=C1[C@H]2C(=O)[C@H]3[C@@H]4N(C)[C@H]5CC3([C@@H]1OC(C)=O)[C@@H]([C@@H]2OC(C)=O)[C@@]41[C@H](OC(C)=O)[C@@H](OC(=O)c2ccccc2)C[C@@](C)(C=O)[C@@H]51.